The third kappa shape index (κ3) is 4.77. The van der Waals surface area contributed by atoms with E-state index in [4.69, 9.17) is 9.47 Å². The molecule has 6 nitrogen and oxygen atoms in total. The highest BCUT2D eigenvalue weighted by Crippen LogP contribution is 2.43. The Bertz CT molecular complexity index is 1220. The smallest absolute Gasteiger partial charge is 0.335 e. The first-order valence-corrected chi connectivity index (χ1v) is 12.0. The summed E-state index contributed by atoms with van der Waals surface area (Å²) in [5.41, 5.74) is 4.48. The van der Waals surface area contributed by atoms with Gasteiger partial charge >= 0.3 is 5.97 Å². The Labute approximate surface area is 202 Å². The Morgan fingerprint density at radius 3 is 2.60 bits per heavy atom. The number of piperidine rings is 1. The number of aromatic nitrogens is 1. The quantitative estimate of drug-likeness (QED) is 0.450. The predicted octanol–water partition coefficient (Wildman–Crippen LogP) is 5.70. The Hall–Kier alpha value is -2.97. The number of hydrogen-bond acceptors (Lipinski definition) is 4. The molecule has 2 fully saturated rings. The van der Waals surface area contributed by atoms with Gasteiger partial charge in [-0.15, -0.1) is 0 Å². The Balaban J connectivity index is 1.43. The minimum absolute atomic E-state index is 0.0443. The van der Waals surface area contributed by atoms with Crippen LogP contribution in [-0.2, 0) is 11.3 Å². The van der Waals surface area contributed by atoms with E-state index in [2.05, 4.69) is 16.0 Å². The number of rotatable bonds is 7. The van der Waals surface area contributed by atoms with Gasteiger partial charge in [0, 0.05) is 54.6 Å². The number of H-pyrrole nitrogens is 1. The predicted molar refractivity (Wildman–Crippen MR) is 128 cm³/mol. The van der Waals surface area contributed by atoms with E-state index in [9.17, 15) is 18.7 Å². The highest BCUT2D eigenvalue weighted by molar-refractivity contribution is 5.88. The van der Waals surface area contributed by atoms with Crippen molar-refractivity contribution in [2.45, 2.75) is 63.3 Å². The van der Waals surface area contributed by atoms with Crippen molar-refractivity contribution in [1.82, 2.24) is 9.88 Å². The summed E-state index contributed by atoms with van der Waals surface area (Å²) in [5.74, 6) is -2.76. The molecule has 2 aromatic carbocycles. The van der Waals surface area contributed by atoms with Gasteiger partial charge in [-0.25, -0.2) is 13.6 Å². The number of nitrogens with one attached hydrogen (secondary N) is 1. The molecule has 1 saturated heterocycles. The summed E-state index contributed by atoms with van der Waals surface area (Å²) in [7, 11) is 1.67. The van der Waals surface area contributed by atoms with Crippen LogP contribution < -0.4 is 4.74 Å². The largest absolute Gasteiger partial charge is 0.496 e. The monoisotopic (exact) mass is 484 g/mol. The lowest BCUT2D eigenvalue weighted by molar-refractivity contribution is -0.190. The molecule has 186 valence electrons. The second-order valence-electron chi connectivity index (χ2n) is 9.72. The van der Waals surface area contributed by atoms with Crippen LogP contribution in [0.5, 0.6) is 5.75 Å². The topological polar surface area (TPSA) is 74.8 Å². The molecule has 3 aromatic rings. The number of likely N-dealkylation sites (tertiary alicyclic amines) is 1. The molecule has 1 aliphatic heterocycles. The average molecular weight is 485 g/mol. The van der Waals surface area contributed by atoms with Crippen LogP contribution in [0.3, 0.4) is 0 Å². The molecule has 2 atom stereocenters. The van der Waals surface area contributed by atoms with Crippen LogP contribution in [0.15, 0.2) is 42.6 Å². The first-order chi connectivity index (χ1) is 16.7. The van der Waals surface area contributed by atoms with Crippen molar-refractivity contribution in [2.24, 2.45) is 0 Å². The van der Waals surface area contributed by atoms with E-state index in [1.54, 1.807) is 19.2 Å². The Kier molecular flexibility index (Phi) is 6.27. The molecular formula is C27H30F2N2O4. The van der Waals surface area contributed by atoms with Crippen LogP contribution in [0.4, 0.5) is 8.78 Å². The number of carboxylic acids is 1. The van der Waals surface area contributed by atoms with E-state index >= 15 is 0 Å². The van der Waals surface area contributed by atoms with Gasteiger partial charge in [-0.2, -0.15) is 0 Å². The molecule has 1 aromatic heterocycles. The molecule has 2 N–H and O–H groups in total. The zero-order valence-electron chi connectivity index (χ0n) is 19.9. The maximum Gasteiger partial charge on any atom is 0.335 e. The zero-order valence-corrected chi connectivity index (χ0v) is 19.9. The number of aromatic carboxylic acids is 1. The number of fused-ring (bicyclic) bond motifs is 1. The van der Waals surface area contributed by atoms with E-state index in [-0.39, 0.29) is 30.6 Å². The highest BCUT2D eigenvalue weighted by Gasteiger charge is 2.47. The number of benzene rings is 2. The number of halogens is 2. The molecule has 0 spiro atoms. The van der Waals surface area contributed by atoms with Crippen molar-refractivity contribution in [3.05, 3.63) is 64.8 Å². The van der Waals surface area contributed by atoms with Crippen molar-refractivity contribution in [3.63, 3.8) is 0 Å². The van der Waals surface area contributed by atoms with E-state index in [1.165, 1.54) is 0 Å². The van der Waals surface area contributed by atoms with E-state index in [0.29, 0.717) is 13.0 Å². The number of nitrogens with zero attached hydrogens (tertiary/aromatic N) is 1. The van der Waals surface area contributed by atoms with Crippen LogP contribution in [0.2, 0.25) is 0 Å². The molecule has 0 radical (unpaired) electrons. The van der Waals surface area contributed by atoms with Crippen molar-refractivity contribution in [3.8, 4) is 5.75 Å². The fraction of sp³-hybridized carbons (Fsp3) is 0.444. The van der Waals surface area contributed by atoms with Gasteiger partial charge < -0.3 is 19.6 Å². The van der Waals surface area contributed by atoms with E-state index < -0.39 is 18.0 Å². The number of carbonyl (C=O) groups is 1. The summed E-state index contributed by atoms with van der Waals surface area (Å²) < 4.78 is 38.5. The summed E-state index contributed by atoms with van der Waals surface area (Å²) in [6.07, 6.45) is 2.39. The number of alkyl halides is 2. The molecule has 8 heteroatoms. The molecule has 2 heterocycles. The number of ether oxygens (including phenoxy) is 2. The minimum atomic E-state index is -2.61. The number of methoxy groups -OCH3 is 1. The van der Waals surface area contributed by atoms with Crippen molar-refractivity contribution in [2.75, 3.05) is 13.7 Å². The minimum Gasteiger partial charge on any atom is -0.496 e. The van der Waals surface area contributed by atoms with Crippen LogP contribution in [0.25, 0.3) is 10.9 Å². The van der Waals surface area contributed by atoms with Gasteiger partial charge in [-0.3, -0.25) is 4.90 Å². The number of carboxylic acid groups (broad SMARTS) is 1. The first-order valence-electron chi connectivity index (χ1n) is 12.0. The van der Waals surface area contributed by atoms with Crippen molar-refractivity contribution in [1.29, 1.82) is 0 Å². The standard InChI is InChI=1S/C27H30F2N2O4/c1-16-11-24(34-2)22(21-7-9-30-25(16)21)15-31-10-8-19(35-20-13-27(28,29)14-20)12-23(31)17-3-5-18(6-4-17)26(32)33/h3-7,9,11,19-20,23,30H,8,10,12-15H2,1-2H3,(H,32,33)/t19-,23-/m0/s1. The van der Waals surface area contributed by atoms with Gasteiger partial charge in [-0.05, 0) is 55.2 Å². The lowest BCUT2D eigenvalue weighted by Crippen LogP contribution is -2.46. The fourth-order valence-electron chi connectivity index (χ4n) is 5.45. The summed E-state index contributed by atoms with van der Waals surface area (Å²) in [5, 5.41) is 10.4. The molecule has 0 amide bonds. The Morgan fingerprint density at radius 1 is 1.20 bits per heavy atom. The molecule has 0 unspecified atom stereocenters. The number of hydrogen-bond donors (Lipinski definition) is 2. The summed E-state index contributed by atoms with van der Waals surface area (Å²) >= 11 is 0. The van der Waals surface area contributed by atoms with Gasteiger partial charge in [0.1, 0.15) is 5.75 Å². The van der Waals surface area contributed by atoms with Gasteiger partial charge in [0.15, 0.2) is 0 Å². The molecule has 0 bridgehead atoms. The molecule has 5 rings (SSSR count). The molecule has 2 aliphatic rings. The molecular weight excluding hydrogens is 454 g/mol. The lowest BCUT2D eigenvalue weighted by Gasteiger charge is -2.43. The van der Waals surface area contributed by atoms with Crippen LogP contribution in [0.1, 0.15) is 58.8 Å². The Morgan fingerprint density at radius 2 is 1.94 bits per heavy atom. The third-order valence-corrected chi connectivity index (χ3v) is 7.34. The maximum atomic E-state index is 13.3. The SMILES string of the molecule is COc1cc(C)c2[nH]ccc2c1CN1CC[C@H](OC2CC(F)(F)C2)C[C@H]1c1ccc(C(=O)O)cc1. The second kappa shape index (κ2) is 9.24. The number of aromatic amines is 1. The lowest BCUT2D eigenvalue weighted by atomic mass is 9.88. The van der Waals surface area contributed by atoms with Crippen LogP contribution in [0, 0.1) is 6.92 Å². The normalized spacial score (nSPS) is 22.7. The van der Waals surface area contributed by atoms with E-state index in [0.717, 1.165) is 46.3 Å². The van der Waals surface area contributed by atoms with Gasteiger partial charge in [-0.1, -0.05) is 12.1 Å². The molecule has 1 saturated carbocycles. The van der Waals surface area contributed by atoms with Crippen LogP contribution in [-0.4, -0.2) is 52.7 Å². The van der Waals surface area contributed by atoms with Crippen molar-refractivity contribution >= 4 is 16.9 Å². The molecule has 1 aliphatic carbocycles. The summed E-state index contributed by atoms with van der Waals surface area (Å²) in [4.78, 5) is 17.0. The van der Waals surface area contributed by atoms with Gasteiger partial charge in [0.2, 0.25) is 0 Å². The van der Waals surface area contributed by atoms with Gasteiger partial charge in [0.25, 0.3) is 5.92 Å². The molecule has 35 heavy (non-hydrogen) atoms. The van der Waals surface area contributed by atoms with Crippen LogP contribution >= 0.6 is 0 Å². The fourth-order valence-corrected chi connectivity index (χ4v) is 5.45. The average Bonchev–Trinajstić information content (AvgIpc) is 3.31. The summed E-state index contributed by atoms with van der Waals surface area (Å²) in [6.45, 7) is 3.41. The third-order valence-electron chi connectivity index (χ3n) is 7.34. The zero-order chi connectivity index (χ0) is 24.7. The maximum absolute atomic E-state index is 13.3. The van der Waals surface area contributed by atoms with Gasteiger partial charge in [0.05, 0.1) is 24.9 Å². The van der Waals surface area contributed by atoms with E-state index in [1.807, 2.05) is 31.3 Å². The number of aryl methyl sites for hydroxylation is 1. The first kappa shape index (κ1) is 23.8. The second-order valence-corrected chi connectivity index (χ2v) is 9.72. The highest BCUT2D eigenvalue weighted by atomic mass is 19.3. The van der Waals surface area contributed by atoms with Crippen molar-refractivity contribution < 1.29 is 28.2 Å². The summed E-state index contributed by atoms with van der Waals surface area (Å²) in [6, 6.07) is 11.0.